The molecule has 94 valence electrons. The maximum absolute atomic E-state index is 13.1. The molecule has 0 atom stereocenters. The van der Waals surface area contributed by atoms with E-state index >= 15 is 0 Å². The maximum atomic E-state index is 13.1. The molecular weight excluding hydrogens is 219 g/mol. The second-order valence-corrected chi connectivity index (χ2v) is 3.82. The fourth-order valence-corrected chi connectivity index (χ4v) is 1.33. The van der Waals surface area contributed by atoms with Crippen molar-refractivity contribution in [2.75, 3.05) is 11.9 Å². The smallest absolute Gasteiger partial charge is 0.210 e. The van der Waals surface area contributed by atoms with Crippen LogP contribution in [0.5, 0.6) is 0 Å². The molecule has 5 heteroatoms. The van der Waals surface area contributed by atoms with Crippen molar-refractivity contribution in [3.05, 3.63) is 29.6 Å². The highest BCUT2D eigenvalue weighted by molar-refractivity contribution is 5.93. The second-order valence-electron chi connectivity index (χ2n) is 3.82. The molecule has 0 aromatic heterocycles. The van der Waals surface area contributed by atoms with Crippen LogP contribution in [0.1, 0.15) is 25.3 Å². The zero-order valence-electron chi connectivity index (χ0n) is 10.3. The number of guanidine groups is 1. The van der Waals surface area contributed by atoms with Crippen LogP contribution in [0.25, 0.3) is 0 Å². The van der Waals surface area contributed by atoms with Crippen LogP contribution >= 0.6 is 0 Å². The Bertz CT molecular complexity index is 390. The maximum Gasteiger partial charge on any atom is 0.210 e. The Morgan fingerprint density at radius 3 is 2.82 bits per heavy atom. The van der Waals surface area contributed by atoms with Crippen molar-refractivity contribution in [1.29, 1.82) is 0 Å². The Hall–Kier alpha value is -1.62. The molecule has 4 nitrogen and oxygen atoms in total. The number of aryl methyl sites for hydroxylation is 1. The minimum atomic E-state index is -0.222. The molecule has 0 saturated heterocycles. The monoisotopic (exact) mass is 238 g/mol. The predicted molar refractivity (Wildman–Crippen MR) is 69.3 cm³/mol. The van der Waals surface area contributed by atoms with Crippen LogP contribution in [0, 0.1) is 12.7 Å². The largest absolute Gasteiger partial charge is 0.325 e. The Morgan fingerprint density at radius 2 is 2.24 bits per heavy atom. The molecule has 17 heavy (non-hydrogen) atoms. The Kier molecular flexibility index (Phi) is 5.42. The lowest BCUT2D eigenvalue weighted by Crippen LogP contribution is -2.36. The molecule has 1 aromatic rings. The summed E-state index contributed by atoms with van der Waals surface area (Å²) in [6.45, 7) is 4.52. The topological polar surface area (TPSA) is 62.4 Å². The molecule has 0 heterocycles. The number of hydrazine groups is 1. The van der Waals surface area contributed by atoms with E-state index in [0.29, 0.717) is 18.1 Å². The zero-order valence-corrected chi connectivity index (χ0v) is 10.3. The first-order valence-corrected chi connectivity index (χ1v) is 5.71. The highest BCUT2D eigenvalue weighted by Gasteiger charge is 2.01. The first kappa shape index (κ1) is 13.4. The predicted octanol–water partition coefficient (Wildman–Crippen LogP) is 2.17. The third kappa shape index (κ3) is 4.40. The first-order valence-electron chi connectivity index (χ1n) is 5.71. The molecule has 0 aliphatic rings. The zero-order chi connectivity index (χ0) is 12.7. The molecule has 0 aliphatic heterocycles. The van der Waals surface area contributed by atoms with E-state index in [4.69, 9.17) is 5.84 Å². The van der Waals surface area contributed by atoms with Gasteiger partial charge in [0.05, 0.1) is 0 Å². The third-order valence-electron chi connectivity index (χ3n) is 2.34. The van der Waals surface area contributed by atoms with Crippen LogP contribution in [0.15, 0.2) is 23.2 Å². The fraction of sp³-hybridized carbons (Fsp3) is 0.417. The van der Waals surface area contributed by atoms with Crippen LogP contribution in [0.2, 0.25) is 0 Å². The number of hydrogen-bond donors (Lipinski definition) is 3. The molecular formula is C12H19FN4. The summed E-state index contributed by atoms with van der Waals surface area (Å²) in [4.78, 5) is 4.26. The van der Waals surface area contributed by atoms with Gasteiger partial charge in [0.15, 0.2) is 0 Å². The molecule has 0 unspecified atom stereocenters. The van der Waals surface area contributed by atoms with Crippen molar-refractivity contribution < 1.29 is 4.39 Å². The standard InChI is InChI=1S/C12H19FN4/c1-3-4-7-15-12(17-14)16-10-5-6-11(13)9(2)8-10/h5-6,8H,3-4,7,14H2,1-2H3,(H2,15,16,17). The molecule has 0 bridgehead atoms. The number of anilines is 1. The van der Waals surface area contributed by atoms with Crippen molar-refractivity contribution in [1.82, 2.24) is 5.43 Å². The van der Waals surface area contributed by atoms with Crippen molar-refractivity contribution in [2.45, 2.75) is 26.7 Å². The van der Waals surface area contributed by atoms with Gasteiger partial charge in [0.1, 0.15) is 5.82 Å². The number of unbranched alkanes of at least 4 members (excludes halogenated alkanes) is 1. The normalized spacial score (nSPS) is 11.4. The van der Waals surface area contributed by atoms with E-state index in [2.05, 4.69) is 22.7 Å². The van der Waals surface area contributed by atoms with Gasteiger partial charge in [-0.25, -0.2) is 10.2 Å². The second kappa shape index (κ2) is 6.85. The van der Waals surface area contributed by atoms with Gasteiger partial charge in [-0.1, -0.05) is 13.3 Å². The van der Waals surface area contributed by atoms with Gasteiger partial charge in [0.2, 0.25) is 5.96 Å². The van der Waals surface area contributed by atoms with Gasteiger partial charge in [0.25, 0.3) is 0 Å². The van der Waals surface area contributed by atoms with Crippen molar-refractivity contribution >= 4 is 11.6 Å². The van der Waals surface area contributed by atoms with E-state index in [1.165, 1.54) is 6.07 Å². The van der Waals surface area contributed by atoms with Crippen molar-refractivity contribution in [2.24, 2.45) is 10.8 Å². The molecule has 0 radical (unpaired) electrons. The summed E-state index contributed by atoms with van der Waals surface area (Å²) >= 11 is 0. The molecule has 4 N–H and O–H groups in total. The molecule has 0 spiro atoms. The average molecular weight is 238 g/mol. The molecule has 0 fully saturated rings. The lowest BCUT2D eigenvalue weighted by Gasteiger charge is -2.10. The van der Waals surface area contributed by atoms with Crippen LogP contribution in [-0.4, -0.2) is 12.5 Å². The lowest BCUT2D eigenvalue weighted by atomic mass is 10.2. The molecule has 0 aliphatic carbocycles. The number of halogens is 1. The Morgan fingerprint density at radius 1 is 1.47 bits per heavy atom. The lowest BCUT2D eigenvalue weighted by molar-refractivity contribution is 0.619. The summed E-state index contributed by atoms with van der Waals surface area (Å²) in [6, 6.07) is 4.77. The molecule has 1 rings (SSSR count). The van der Waals surface area contributed by atoms with Crippen molar-refractivity contribution in [3.8, 4) is 0 Å². The van der Waals surface area contributed by atoms with E-state index in [0.717, 1.165) is 18.5 Å². The van der Waals surface area contributed by atoms with Gasteiger partial charge in [-0.2, -0.15) is 0 Å². The fourth-order valence-electron chi connectivity index (χ4n) is 1.33. The number of rotatable bonds is 4. The van der Waals surface area contributed by atoms with Crippen molar-refractivity contribution in [3.63, 3.8) is 0 Å². The van der Waals surface area contributed by atoms with E-state index in [-0.39, 0.29) is 5.82 Å². The number of nitrogens with zero attached hydrogens (tertiary/aromatic N) is 1. The number of hydrogen-bond acceptors (Lipinski definition) is 2. The van der Waals surface area contributed by atoms with Gasteiger partial charge in [0, 0.05) is 12.2 Å². The number of aliphatic imine (C=N–C) groups is 1. The van der Waals surface area contributed by atoms with Crippen LogP contribution in [-0.2, 0) is 0 Å². The third-order valence-corrected chi connectivity index (χ3v) is 2.34. The number of benzene rings is 1. The van der Waals surface area contributed by atoms with Gasteiger partial charge < -0.3 is 5.32 Å². The van der Waals surface area contributed by atoms with Gasteiger partial charge in [-0.3, -0.25) is 10.4 Å². The summed E-state index contributed by atoms with van der Waals surface area (Å²) in [5.74, 6) is 5.62. The first-order chi connectivity index (χ1) is 8.17. The summed E-state index contributed by atoms with van der Waals surface area (Å²) < 4.78 is 13.1. The van der Waals surface area contributed by atoms with E-state index in [9.17, 15) is 4.39 Å². The van der Waals surface area contributed by atoms with Crippen LogP contribution < -0.4 is 16.6 Å². The summed E-state index contributed by atoms with van der Waals surface area (Å²) in [5.41, 5.74) is 3.83. The number of nitrogens with two attached hydrogens (primary N) is 1. The van der Waals surface area contributed by atoms with E-state index in [1.807, 2.05) is 0 Å². The minimum Gasteiger partial charge on any atom is -0.325 e. The summed E-state index contributed by atoms with van der Waals surface area (Å²) in [5, 5.41) is 3.00. The molecule has 0 amide bonds. The van der Waals surface area contributed by atoms with Gasteiger partial charge in [-0.05, 0) is 37.1 Å². The summed E-state index contributed by atoms with van der Waals surface area (Å²) in [6.07, 6.45) is 2.09. The quantitative estimate of drug-likeness (QED) is 0.248. The van der Waals surface area contributed by atoms with E-state index < -0.39 is 0 Å². The highest BCUT2D eigenvalue weighted by Crippen LogP contribution is 2.13. The Balaban J connectivity index is 2.67. The summed E-state index contributed by atoms with van der Waals surface area (Å²) in [7, 11) is 0. The minimum absolute atomic E-state index is 0.222. The Labute approximate surface area is 101 Å². The van der Waals surface area contributed by atoms with Crippen LogP contribution in [0.3, 0.4) is 0 Å². The molecule has 0 saturated carbocycles. The molecule has 1 aromatic carbocycles. The number of nitrogens with one attached hydrogen (secondary N) is 2. The van der Waals surface area contributed by atoms with Crippen LogP contribution in [0.4, 0.5) is 10.1 Å². The average Bonchev–Trinajstić information content (AvgIpc) is 2.32. The SMILES string of the molecule is CCCCN=C(NN)Nc1ccc(F)c(C)c1. The van der Waals surface area contributed by atoms with Gasteiger partial charge >= 0.3 is 0 Å². The highest BCUT2D eigenvalue weighted by atomic mass is 19.1. The van der Waals surface area contributed by atoms with Gasteiger partial charge in [-0.15, -0.1) is 0 Å². The van der Waals surface area contributed by atoms with E-state index in [1.54, 1.807) is 19.1 Å².